The monoisotopic (exact) mass is 328 g/mol. The van der Waals surface area contributed by atoms with E-state index in [1.807, 2.05) is 36.4 Å². The maximum Gasteiger partial charge on any atom is 0.141 e. The highest BCUT2D eigenvalue weighted by molar-refractivity contribution is 5.86. The molecule has 1 heterocycles. The van der Waals surface area contributed by atoms with Crippen LogP contribution in [0.5, 0.6) is 5.75 Å². The van der Waals surface area contributed by atoms with Crippen molar-refractivity contribution >= 4 is 17.0 Å². The van der Waals surface area contributed by atoms with Gasteiger partial charge in [-0.3, -0.25) is 0 Å². The van der Waals surface area contributed by atoms with E-state index in [1.54, 1.807) is 10.9 Å². The summed E-state index contributed by atoms with van der Waals surface area (Å²) in [5, 5.41) is 14.2. The highest BCUT2D eigenvalue weighted by Gasteiger charge is 2.04. The number of rotatable bonds is 5. The molecule has 25 heavy (non-hydrogen) atoms. The predicted octanol–water partition coefficient (Wildman–Crippen LogP) is 3.89. The van der Waals surface area contributed by atoms with E-state index >= 15 is 0 Å². The second-order valence-corrected chi connectivity index (χ2v) is 5.55. The number of hydrogen-bond donors (Lipinski definition) is 0. The normalized spacial score (nSPS) is 11.2. The zero-order valence-corrected chi connectivity index (χ0v) is 13.5. The maximum absolute atomic E-state index is 6.07. The maximum atomic E-state index is 6.07. The van der Waals surface area contributed by atoms with Gasteiger partial charge in [0.2, 0.25) is 0 Å². The van der Waals surface area contributed by atoms with Crippen LogP contribution in [0.4, 0.5) is 0 Å². The van der Waals surface area contributed by atoms with Crippen LogP contribution in [0.25, 0.3) is 10.8 Å². The number of aromatic nitrogens is 3. The van der Waals surface area contributed by atoms with Crippen molar-refractivity contribution in [3.63, 3.8) is 0 Å². The van der Waals surface area contributed by atoms with Gasteiger partial charge < -0.3 is 4.74 Å². The van der Waals surface area contributed by atoms with Crippen LogP contribution in [-0.4, -0.2) is 21.1 Å². The highest BCUT2D eigenvalue weighted by atomic mass is 16.5. The third-order valence-corrected chi connectivity index (χ3v) is 3.92. The van der Waals surface area contributed by atoms with E-state index in [1.165, 1.54) is 23.4 Å². The third kappa shape index (κ3) is 3.40. The van der Waals surface area contributed by atoms with Crippen LogP contribution >= 0.6 is 0 Å². The van der Waals surface area contributed by atoms with Gasteiger partial charge in [0.25, 0.3) is 0 Å². The summed E-state index contributed by atoms with van der Waals surface area (Å²) in [4.78, 5) is 0. The first-order valence-corrected chi connectivity index (χ1v) is 7.97. The van der Waals surface area contributed by atoms with E-state index in [-0.39, 0.29) is 0 Å². The average molecular weight is 328 g/mol. The van der Waals surface area contributed by atoms with E-state index in [0.29, 0.717) is 6.61 Å². The van der Waals surface area contributed by atoms with Gasteiger partial charge in [-0.25, -0.2) is 4.68 Å². The lowest BCUT2D eigenvalue weighted by Crippen LogP contribution is -1.99. The zero-order valence-electron chi connectivity index (χ0n) is 13.5. The molecule has 0 amide bonds. The van der Waals surface area contributed by atoms with Crippen molar-refractivity contribution in [2.24, 2.45) is 5.10 Å². The Morgan fingerprint density at radius 3 is 2.56 bits per heavy atom. The lowest BCUT2D eigenvalue weighted by molar-refractivity contribution is 0.307. The fourth-order valence-electron chi connectivity index (χ4n) is 2.68. The molecule has 0 saturated heterocycles. The SMILES string of the molecule is C(=N\n1cnnc1)/c1ccccc1OCc1cccc2ccccc12. The van der Waals surface area contributed by atoms with Gasteiger partial charge in [-0.2, -0.15) is 5.10 Å². The molecule has 0 bridgehead atoms. The fraction of sp³-hybridized carbons (Fsp3) is 0.0500. The molecule has 4 rings (SSSR count). The minimum absolute atomic E-state index is 0.499. The standard InChI is InChI=1S/C20H16N4O/c1-3-10-19-16(6-1)8-5-9-18(19)13-25-20-11-4-2-7-17(20)12-23-24-14-21-22-15-24/h1-12,14-15H,13H2/b23-12+. The molecular weight excluding hydrogens is 312 g/mol. The van der Waals surface area contributed by atoms with Gasteiger partial charge in [0.15, 0.2) is 0 Å². The van der Waals surface area contributed by atoms with E-state index in [9.17, 15) is 0 Å². The first-order valence-electron chi connectivity index (χ1n) is 7.97. The van der Waals surface area contributed by atoms with Crippen LogP contribution in [0.2, 0.25) is 0 Å². The molecule has 0 N–H and O–H groups in total. The lowest BCUT2D eigenvalue weighted by Gasteiger charge is -2.11. The number of benzene rings is 3. The van der Waals surface area contributed by atoms with Crippen molar-refractivity contribution in [1.29, 1.82) is 0 Å². The van der Waals surface area contributed by atoms with Crippen LogP contribution in [-0.2, 0) is 6.61 Å². The molecule has 0 aliphatic carbocycles. The molecule has 0 saturated carbocycles. The summed E-state index contributed by atoms with van der Waals surface area (Å²) >= 11 is 0. The lowest BCUT2D eigenvalue weighted by atomic mass is 10.1. The number of para-hydroxylation sites is 1. The molecule has 122 valence electrons. The summed E-state index contributed by atoms with van der Waals surface area (Å²) in [5.74, 6) is 0.784. The van der Waals surface area contributed by atoms with Crippen LogP contribution < -0.4 is 4.74 Å². The molecule has 3 aromatic carbocycles. The Morgan fingerprint density at radius 2 is 1.64 bits per heavy atom. The van der Waals surface area contributed by atoms with Crippen LogP contribution in [0.3, 0.4) is 0 Å². The van der Waals surface area contributed by atoms with Gasteiger partial charge >= 0.3 is 0 Å². The first kappa shape index (κ1) is 15.1. The topological polar surface area (TPSA) is 52.3 Å². The summed E-state index contributed by atoms with van der Waals surface area (Å²) in [6, 6.07) is 22.4. The molecule has 0 radical (unpaired) electrons. The smallest absolute Gasteiger partial charge is 0.141 e. The average Bonchev–Trinajstić information content (AvgIpc) is 3.19. The predicted molar refractivity (Wildman–Crippen MR) is 97.7 cm³/mol. The summed E-state index contributed by atoms with van der Waals surface area (Å²) in [7, 11) is 0. The minimum Gasteiger partial charge on any atom is -0.488 e. The van der Waals surface area contributed by atoms with Crippen LogP contribution in [0, 0.1) is 0 Å². The quantitative estimate of drug-likeness (QED) is 0.522. The molecule has 0 unspecified atom stereocenters. The Labute approximate surface area is 145 Å². The Bertz CT molecular complexity index is 1000. The number of hydrogen-bond acceptors (Lipinski definition) is 4. The first-order chi connectivity index (χ1) is 12.4. The van der Waals surface area contributed by atoms with E-state index in [4.69, 9.17) is 4.74 Å². The van der Waals surface area contributed by atoms with Gasteiger partial charge in [-0.1, -0.05) is 54.6 Å². The summed E-state index contributed by atoms with van der Waals surface area (Å²) < 4.78 is 7.61. The van der Waals surface area contributed by atoms with Gasteiger partial charge in [-0.15, -0.1) is 10.2 Å². The van der Waals surface area contributed by atoms with E-state index < -0.39 is 0 Å². The van der Waals surface area contributed by atoms with Crippen molar-refractivity contribution in [3.8, 4) is 5.75 Å². The second kappa shape index (κ2) is 6.97. The van der Waals surface area contributed by atoms with Crippen LogP contribution in [0.15, 0.2) is 84.5 Å². The largest absolute Gasteiger partial charge is 0.488 e. The molecule has 0 aliphatic heterocycles. The number of nitrogens with zero attached hydrogens (tertiary/aromatic N) is 4. The molecule has 0 aliphatic rings. The number of ether oxygens (including phenoxy) is 1. The van der Waals surface area contributed by atoms with Crippen molar-refractivity contribution in [3.05, 3.63) is 90.5 Å². The Morgan fingerprint density at radius 1 is 0.880 bits per heavy atom. The van der Waals surface area contributed by atoms with Gasteiger partial charge in [-0.05, 0) is 28.5 Å². The van der Waals surface area contributed by atoms with Gasteiger partial charge in [0.05, 0.1) is 6.21 Å². The molecule has 0 atom stereocenters. The molecule has 1 aromatic heterocycles. The zero-order chi connectivity index (χ0) is 16.9. The second-order valence-electron chi connectivity index (χ2n) is 5.55. The number of fused-ring (bicyclic) bond motifs is 1. The van der Waals surface area contributed by atoms with Crippen molar-refractivity contribution in [1.82, 2.24) is 14.9 Å². The van der Waals surface area contributed by atoms with Crippen molar-refractivity contribution < 1.29 is 4.74 Å². The molecule has 5 heteroatoms. The summed E-state index contributed by atoms with van der Waals surface area (Å²) in [6.45, 7) is 0.499. The molecule has 0 spiro atoms. The minimum atomic E-state index is 0.499. The van der Waals surface area contributed by atoms with Crippen molar-refractivity contribution in [2.75, 3.05) is 0 Å². The van der Waals surface area contributed by atoms with Gasteiger partial charge in [0.1, 0.15) is 25.0 Å². The molecule has 0 fully saturated rings. The molecule has 5 nitrogen and oxygen atoms in total. The third-order valence-electron chi connectivity index (χ3n) is 3.92. The Kier molecular flexibility index (Phi) is 4.20. The van der Waals surface area contributed by atoms with Crippen molar-refractivity contribution in [2.45, 2.75) is 6.61 Å². The van der Waals surface area contributed by atoms with Crippen LogP contribution in [0.1, 0.15) is 11.1 Å². The highest BCUT2D eigenvalue weighted by Crippen LogP contribution is 2.22. The van der Waals surface area contributed by atoms with Gasteiger partial charge in [0, 0.05) is 5.56 Å². The summed E-state index contributed by atoms with van der Waals surface area (Å²) in [6.07, 6.45) is 4.81. The van der Waals surface area contributed by atoms with E-state index in [2.05, 4.69) is 45.6 Å². The molecular formula is C20H16N4O. The Balaban J connectivity index is 1.57. The molecule has 4 aromatic rings. The van der Waals surface area contributed by atoms with E-state index in [0.717, 1.165) is 16.9 Å². The Hall–Kier alpha value is -3.47. The fourth-order valence-corrected chi connectivity index (χ4v) is 2.68. The summed E-state index contributed by atoms with van der Waals surface area (Å²) in [5.41, 5.74) is 2.06.